The number of likely N-dealkylation sites (tertiary alicyclic amines) is 1. The zero-order chi connectivity index (χ0) is 14.1. The lowest BCUT2D eigenvalue weighted by molar-refractivity contribution is 0.140. The number of aromatic nitrogens is 1. The van der Waals surface area contributed by atoms with Crippen molar-refractivity contribution in [2.24, 2.45) is 0 Å². The van der Waals surface area contributed by atoms with Gasteiger partial charge in [0.25, 0.3) is 0 Å². The van der Waals surface area contributed by atoms with Crippen LogP contribution in [0.5, 0.6) is 0 Å². The number of hydrogen-bond acceptors (Lipinski definition) is 5. The zero-order valence-corrected chi connectivity index (χ0v) is 13.0. The van der Waals surface area contributed by atoms with Crippen molar-refractivity contribution in [3.8, 4) is 0 Å². The first kappa shape index (κ1) is 13.8. The summed E-state index contributed by atoms with van der Waals surface area (Å²) in [5.41, 5.74) is 8.14. The predicted octanol–water partition coefficient (Wildman–Crippen LogP) is 2.40. The van der Waals surface area contributed by atoms with Crippen LogP contribution in [-0.2, 0) is 6.54 Å². The topological polar surface area (TPSA) is 45.4 Å². The van der Waals surface area contributed by atoms with E-state index in [9.17, 15) is 0 Å². The maximum absolute atomic E-state index is 5.76. The lowest BCUT2D eigenvalue weighted by Crippen LogP contribution is -2.41. The van der Waals surface area contributed by atoms with Gasteiger partial charge >= 0.3 is 0 Å². The number of rotatable bonds is 3. The SMILES string of the molecule is CN(C)C1CCN(Cc2ccc3nc(N)sc3c2)CC1. The van der Waals surface area contributed by atoms with E-state index in [0.717, 1.165) is 18.1 Å². The molecule has 1 aliphatic rings. The third kappa shape index (κ3) is 2.95. The second kappa shape index (κ2) is 5.68. The van der Waals surface area contributed by atoms with Gasteiger partial charge in [0, 0.05) is 12.6 Å². The maximum Gasteiger partial charge on any atom is 0.181 e. The van der Waals surface area contributed by atoms with Crippen molar-refractivity contribution in [1.82, 2.24) is 14.8 Å². The number of fused-ring (bicyclic) bond motifs is 1. The second-order valence-electron chi connectivity index (χ2n) is 5.83. The summed E-state index contributed by atoms with van der Waals surface area (Å²) in [6, 6.07) is 7.25. The van der Waals surface area contributed by atoms with E-state index >= 15 is 0 Å². The average Bonchev–Trinajstić information content (AvgIpc) is 2.78. The highest BCUT2D eigenvalue weighted by molar-refractivity contribution is 7.22. The Hall–Kier alpha value is -1.17. The standard InChI is InChI=1S/C15H22N4S/c1-18(2)12-5-7-19(8-6-12)10-11-3-4-13-14(9-11)20-15(16)17-13/h3-4,9,12H,5-8,10H2,1-2H3,(H2,16,17). The van der Waals surface area contributed by atoms with Crippen LogP contribution in [0.4, 0.5) is 5.13 Å². The lowest BCUT2D eigenvalue weighted by Gasteiger charge is -2.35. The summed E-state index contributed by atoms with van der Waals surface area (Å²) in [7, 11) is 4.37. The summed E-state index contributed by atoms with van der Waals surface area (Å²) in [5, 5.41) is 0.656. The fraction of sp³-hybridized carbons (Fsp3) is 0.533. The van der Waals surface area contributed by atoms with Crippen LogP contribution in [0.15, 0.2) is 18.2 Å². The van der Waals surface area contributed by atoms with E-state index < -0.39 is 0 Å². The van der Waals surface area contributed by atoms with Crippen LogP contribution in [0.25, 0.3) is 10.2 Å². The molecule has 2 aromatic rings. The number of hydrogen-bond donors (Lipinski definition) is 1. The molecule has 0 amide bonds. The third-order valence-electron chi connectivity index (χ3n) is 4.16. The number of nitrogen functional groups attached to an aromatic ring is 1. The maximum atomic E-state index is 5.76. The van der Waals surface area contributed by atoms with Gasteiger partial charge in [0.1, 0.15) is 0 Å². The Morgan fingerprint density at radius 2 is 2.10 bits per heavy atom. The van der Waals surface area contributed by atoms with Crippen molar-refractivity contribution in [1.29, 1.82) is 0 Å². The summed E-state index contributed by atoms with van der Waals surface area (Å²) in [4.78, 5) is 9.21. The Bertz CT molecular complexity index is 585. The molecule has 1 aromatic carbocycles. The summed E-state index contributed by atoms with van der Waals surface area (Å²) >= 11 is 1.57. The van der Waals surface area contributed by atoms with E-state index in [0.29, 0.717) is 5.13 Å². The molecule has 2 N–H and O–H groups in total. The number of nitrogens with zero attached hydrogens (tertiary/aromatic N) is 3. The van der Waals surface area contributed by atoms with Crippen molar-refractivity contribution in [2.45, 2.75) is 25.4 Å². The summed E-state index contributed by atoms with van der Waals surface area (Å²) in [6.45, 7) is 3.41. The van der Waals surface area contributed by atoms with E-state index in [1.54, 1.807) is 11.3 Å². The van der Waals surface area contributed by atoms with Crippen molar-refractivity contribution in [3.05, 3.63) is 23.8 Å². The van der Waals surface area contributed by atoms with Crippen LogP contribution in [0.1, 0.15) is 18.4 Å². The van der Waals surface area contributed by atoms with Crippen molar-refractivity contribution >= 4 is 26.7 Å². The molecule has 2 heterocycles. The van der Waals surface area contributed by atoms with Gasteiger partial charge in [-0.25, -0.2) is 4.98 Å². The lowest BCUT2D eigenvalue weighted by atomic mass is 10.0. The molecule has 1 fully saturated rings. The van der Waals surface area contributed by atoms with Crippen LogP contribution in [0.2, 0.25) is 0 Å². The van der Waals surface area contributed by atoms with Crippen LogP contribution >= 0.6 is 11.3 Å². The highest BCUT2D eigenvalue weighted by Gasteiger charge is 2.20. The molecule has 1 aliphatic heterocycles. The summed E-state index contributed by atoms with van der Waals surface area (Å²) < 4.78 is 1.20. The van der Waals surface area contributed by atoms with Crippen LogP contribution in [0.3, 0.4) is 0 Å². The first-order valence-corrected chi connectivity index (χ1v) is 7.97. The fourth-order valence-electron chi connectivity index (χ4n) is 2.94. The molecule has 5 heteroatoms. The Labute approximate surface area is 124 Å². The molecule has 0 atom stereocenters. The van der Waals surface area contributed by atoms with Crippen molar-refractivity contribution in [3.63, 3.8) is 0 Å². The molecule has 1 saturated heterocycles. The van der Waals surface area contributed by atoms with Gasteiger partial charge in [-0.2, -0.15) is 0 Å². The molecule has 3 rings (SSSR count). The quantitative estimate of drug-likeness (QED) is 0.943. The van der Waals surface area contributed by atoms with E-state index in [1.807, 2.05) is 0 Å². The fourth-order valence-corrected chi connectivity index (χ4v) is 3.74. The monoisotopic (exact) mass is 290 g/mol. The molecule has 0 saturated carbocycles. The molecule has 0 unspecified atom stereocenters. The Morgan fingerprint density at radius 1 is 1.35 bits per heavy atom. The number of nitrogens with two attached hydrogens (primary N) is 1. The van der Waals surface area contributed by atoms with Crippen LogP contribution in [-0.4, -0.2) is 48.0 Å². The van der Waals surface area contributed by atoms with Gasteiger partial charge in [-0.15, -0.1) is 0 Å². The minimum Gasteiger partial charge on any atom is -0.375 e. The van der Waals surface area contributed by atoms with Gasteiger partial charge in [0.2, 0.25) is 0 Å². The number of anilines is 1. The molecule has 108 valence electrons. The van der Waals surface area contributed by atoms with E-state index in [2.05, 4.69) is 47.1 Å². The normalized spacial score (nSPS) is 18.1. The Morgan fingerprint density at radius 3 is 2.80 bits per heavy atom. The first-order valence-electron chi connectivity index (χ1n) is 7.15. The van der Waals surface area contributed by atoms with E-state index in [4.69, 9.17) is 5.73 Å². The second-order valence-corrected chi connectivity index (χ2v) is 6.89. The molecular weight excluding hydrogens is 268 g/mol. The first-order chi connectivity index (χ1) is 9.61. The van der Waals surface area contributed by atoms with Gasteiger partial charge < -0.3 is 10.6 Å². The van der Waals surface area contributed by atoms with Crippen LogP contribution in [0, 0.1) is 0 Å². The van der Waals surface area contributed by atoms with Gasteiger partial charge in [-0.05, 0) is 57.7 Å². The van der Waals surface area contributed by atoms with Gasteiger partial charge in [-0.3, -0.25) is 4.90 Å². The Kier molecular flexibility index (Phi) is 3.92. The molecular formula is C15H22N4S. The minimum atomic E-state index is 0.656. The zero-order valence-electron chi connectivity index (χ0n) is 12.2. The predicted molar refractivity (Wildman–Crippen MR) is 86.0 cm³/mol. The smallest absolute Gasteiger partial charge is 0.181 e. The largest absolute Gasteiger partial charge is 0.375 e. The van der Waals surface area contributed by atoms with E-state index in [-0.39, 0.29) is 0 Å². The van der Waals surface area contributed by atoms with Crippen molar-refractivity contribution < 1.29 is 0 Å². The number of thiazole rings is 1. The molecule has 4 nitrogen and oxygen atoms in total. The molecule has 0 radical (unpaired) electrons. The van der Waals surface area contributed by atoms with E-state index in [1.165, 1.54) is 36.2 Å². The highest BCUT2D eigenvalue weighted by atomic mass is 32.1. The van der Waals surface area contributed by atoms with Crippen LogP contribution < -0.4 is 5.73 Å². The van der Waals surface area contributed by atoms with Gasteiger partial charge in [0.05, 0.1) is 10.2 Å². The molecule has 1 aromatic heterocycles. The molecule has 0 spiro atoms. The third-order valence-corrected chi connectivity index (χ3v) is 5.01. The van der Waals surface area contributed by atoms with Gasteiger partial charge in [0.15, 0.2) is 5.13 Å². The summed E-state index contributed by atoms with van der Waals surface area (Å²) in [5.74, 6) is 0. The number of benzene rings is 1. The highest BCUT2D eigenvalue weighted by Crippen LogP contribution is 2.25. The molecule has 20 heavy (non-hydrogen) atoms. The molecule has 0 bridgehead atoms. The van der Waals surface area contributed by atoms with Crippen molar-refractivity contribution in [2.75, 3.05) is 32.9 Å². The molecule has 0 aliphatic carbocycles. The Balaban J connectivity index is 1.65. The van der Waals surface area contributed by atoms with Gasteiger partial charge in [-0.1, -0.05) is 17.4 Å². The number of piperidine rings is 1. The average molecular weight is 290 g/mol. The summed E-state index contributed by atoms with van der Waals surface area (Å²) in [6.07, 6.45) is 2.53. The minimum absolute atomic E-state index is 0.656.